The number of hydrogen-bond acceptors (Lipinski definition) is 9. The van der Waals surface area contributed by atoms with E-state index in [1.165, 1.54) is 14.2 Å². The van der Waals surface area contributed by atoms with Crippen molar-refractivity contribution in [3.8, 4) is 22.3 Å². The lowest BCUT2D eigenvalue weighted by Crippen LogP contribution is -2.16. The number of rotatable bonds is 8. The van der Waals surface area contributed by atoms with Crippen LogP contribution in [0, 0.1) is 27.7 Å². The number of carbonyl (C=O) groups is 2. The molecule has 0 saturated heterocycles. The number of hydrogen-bond donors (Lipinski definition) is 1. The summed E-state index contributed by atoms with van der Waals surface area (Å²) in [5.41, 5.74) is 16.6. The molecule has 0 radical (unpaired) electrons. The van der Waals surface area contributed by atoms with Crippen LogP contribution in [0.3, 0.4) is 0 Å². The van der Waals surface area contributed by atoms with Crippen molar-refractivity contribution in [1.82, 2.24) is 19.9 Å². The number of pyridine rings is 4. The first-order valence-electron chi connectivity index (χ1n) is 13.7. The van der Waals surface area contributed by atoms with Crippen molar-refractivity contribution in [2.24, 2.45) is 5.73 Å². The van der Waals surface area contributed by atoms with Crippen LogP contribution >= 0.6 is 0 Å². The maximum Gasteiger partial charge on any atom is 0.307 e. The lowest BCUT2D eigenvalue weighted by molar-refractivity contribution is -0.141. The minimum Gasteiger partial charge on any atom is -0.469 e. The fourth-order valence-corrected chi connectivity index (χ4v) is 4.81. The van der Waals surface area contributed by atoms with Crippen LogP contribution in [-0.4, -0.2) is 46.1 Å². The molecular weight excluding hydrogens is 542 g/mol. The van der Waals surface area contributed by atoms with Crippen LogP contribution in [0.1, 0.15) is 72.5 Å². The summed E-state index contributed by atoms with van der Waals surface area (Å²) in [5.74, 6) is -0.458. The van der Waals surface area contributed by atoms with Crippen LogP contribution in [0.4, 0.5) is 0 Å². The summed E-state index contributed by atoms with van der Waals surface area (Å²) in [5, 5.41) is 0. The molecule has 0 aromatic carbocycles. The van der Waals surface area contributed by atoms with Gasteiger partial charge in [0.15, 0.2) is 0 Å². The zero-order valence-corrected chi connectivity index (χ0v) is 25.3. The second-order valence-electron chi connectivity index (χ2n) is 10.4. The summed E-state index contributed by atoms with van der Waals surface area (Å²) in [7, 11) is 2.76. The molecule has 0 unspecified atom stereocenters. The van der Waals surface area contributed by atoms with E-state index in [1.54, 1.807) is 12.4 Å². The van der Waals surface area contributed by atoms with Crippen LogP contribution in [-0.2, 0) is 19.1 Å². The molecule has 4 aromatic rings. The Morgan fingerprint density at radius 1 is 0.651 bits per heavy atom. The third-order valence-electron chi connectivity index (χ3n) is 7.06. The molecule has 4 heterocycles. The van der Waals surface area contributed by atoms with Gasteiger partial charge in [-0.25, -0.2) is 0 Å². The first kappa shape index (κ1) is 34.7. The molecule has 0 aliphatic heterocycles. The Labute approximate surface area is 254 Å². The van der Waals surface area contributed by atoms with Crippen molar-refractivity contribution < 1.29 is 19.1 Å². The Balaban J connectivity index is 0.000000293. The molecule has 9 heteroatoms. The smallest absolute Gasteiger partial charge is 0.307 e. The lowest BCUT2D eigenvalue weighted by Gasteiger charge is -2.13. The van der Waals surface area contributed by atoms with Crippen LogP contribution in [0.2, 0.25) is 0 Å². The van der Waals surface area contributed by atoms with Gasteiger partial charge in [0.2, 0.25) is 0 Å². The molecule has 0 saturated carbocycles. The molecule has 4 aromatic heterocycles. The molecule has 43 heavy (non-hydrogen) atoms. The number of nitrogens with zero attached hydrogens (tertiary/aromatic N) is 4. The standard InChI is InChI=1S/C17H20N2O2.C16H19N3O2.CH4/c1-11(5-16(20)21-4)14-6-15(10-19-9-14)17-12(2)7-18-8-13(17)3;1-10-6-18-7-11(2)16(10)13-4-12(8-19-9-13)14(17)5-15(20)21-3;/h6-11H,5H2,1-4H3;4,6-9,14H,5,17H2,1-3H3;1H4/t11-;14-;/m00./s1. The summed E-state index contributed by atoms with van der Waals surface area (Å²) in [6.07, 6.45) is 15.0. The maximum absolute atomic E-state index is 11.4. The van der Waals surface area contributed by atoms with Gasteiger partial charge < -0.3 is 15.2 Å². The van der Waals surface area contributed by atoms with Crippen LogP contribution in [0.25, 0.3) is 22.3 Å². The molecule has 4 rings (SSSR count). The zero-order valence-electron chi connectivity index (χ0n) is 25.3. The van der Waals surface area contributed by atoms with E-state index in [1.807, 2.05) is 77.9 Å². The average molecular weight is 586 g/mol. The molecular formula is C34H43N5O4. The quantitative estimate of drug-likeness (QED) is 0.234. The molecule has 0 spiro atoms. The normalized spacial score (nSPS) is 11.7. The summed E-state index contributed by atoms with van der Waals surface area (Å²) in [6, 6.07) is 3.64. The number of nitrogens with two attached hydrogens (primary N) is 1. The van der Waals surface area contributed by atoms with Crippen LogP contribution in [0.15, 0.2) is 61.7 Å². The van der Waals surface area contributed by atoms with E-state index in [0.717, 1.165) is 55.6 Å². The van der Waals surface area contributed by atoms with Crippen molar-refractivity contribution in [3.05, 3.63) is 95.1 Å². The Morgan fingerprint density at radius 2 is 1.02 bits per heavy atom. The van der Waals surface area contributed by atoms with Gasteiger partial charge in [0, 0.05) is 66.7 Å². The lowest BCUT2D eigenvalue weighted by atomic mass is 9.94. The van der Waals surface area contributed by atoms with E-state index in [4.69, 9.17) is 10.5 Å². The average Bonchev–Trinajstić information content (AvgIpc) is 2.97. The Hall–Kier alpha value is -4.50. The van der Waals surface area contributed by atoms with Crippen molar-refractivity contribution in [1.29, 1.82) is 0 Å². The van der Waals surface area contributed by atoms with Crippen molar-refractivity contribution in [3.63, 3.8) is 0 Å². The zero-order chi connectivity index (χ0) is 30.8. The third kappa shape index (κ3) is 9.24. The highest BCUT2D eigenvalue weighted by Crippen LogP contribution is 2.30. The van der Waals surface area contributed by atoms with E-state index in [0.29, 0.717) is 6.42 Å². The summed E-state index contributed by atoms with van der Waals surface area (Å²) in [6.45, 7) is 10.1. The fraction of sp³-hybridized carbons (Fsp3) is 0.353. The topological polar surface area (TPSA) is 130 Å². The van der Waals surface area contributed by atoms with Gasteiger partial charge in [-0.2, -0.15) is 0 Å². The van der Waals surface area contributed by atoms with E-state index < -0.39 is 6.04 Å². The minimum absolute atomic E-state index is 0. The number of methoxy groups -OCH3 is 2. The first-order valence-corrected chi connectivity index (χ1v) is 13.7. The van der Waals surface area contributed by atoms with Gasteiger partial charge in [-0.15, -0.1) is 0 Å². The highest BCUT2D eigenvalue weighted by atomic mass is 16.5. The van der Waals surface area contributed by atoms with Gasteiger partial charge in [-0.3, -0.25) is 29.5 Å². The Morgan fingerprint density at radius 3 is 1.47 bits per heavy atom. The van der Waals surface area contributed by atoms with Gasteiger partial charge >= 0.3 is 11.9 Å². The molecule has 2 N–H and O–H groups in total. The van der Waals surface area contributed by atoms with Gasteiger partial charge in [0.25, 0.3) is 0 Å². The predicted octanol–water partition coefficient (Wildman–Crippen LogP) is 6.39. The first-order chi connectivity index (χ1) is 20.0. The molecule has 0 bridgehead atoms. The molecule has 0 aliphatic carbocycles. The van der Waals surface area contributed by atoms with Crippen LogP contribution < -0.4 is 5.73 Å². The molecule has 0 fully saturated rings. The van der Waals surface area contributed by atoms with Gasteiger partial charge in [-0.1, -0.05) is 14.4 Å². The number of aromatic nitrogens is 4. The molecule has 228 valence electrons. The SMILES string of the molecule is C.COC(=O)C[C@H](C)c1cncc(-c2c(C)cncc2C)c1.COC(=O)C[C@H](N)c1cncc(-c2c(C)cncc2C)c1. The third-order valence-corrected chi connectivity index (χ3v) is 7.06. The monoisotopic (exact) mass is 585 g/mol. The van der Waals surface area contributed by atoms with Gasteiger partial charge in [-0.05, 0) is 90.3 Å². The van der Waals surface area contributed by atoms with E-state index in [9.17, 15) is 9.59 Å². The van der Waals surface area contributed by atoms with E-state index in [-0.39, 0.29) is 31.7 Å². The molecule has 9 nitrogen and oxygen atoms in total. The summed E-state index contributed by atoms with van der Waals surface area (Å²) < 4.78 is 9.38. The molecule has 2 atom stereocenters. The molecule has 0 amide bonds. The van der Waals surface area contributed by atoms with Gasteiger partial charge in [0.05, 0.1) is 27.1 Å². The number of carbonyl (C=O) groups excluding carboxylic acids is 2. The van der Waals surface area contributed by atoms with Crippen molar-refractivity contribution >= 4 is 11.9 Å². The Bertz CT molecular complexity index is 1380. The van der Waals surface area contributed by atoms with E-state index in [2.05, 4.69) is 30.7 Å². The summed E-state index contributed by atoms with van der Waals surface area (Å²) in [4.78, 5) is 39.7. The molecule has 0 aliphatic rings. The number of ether oxygens (including phenoxy) is 2. The number of aryl methyl sites for hydroxylation is 4. The van der Waals surface area contributed by atoms with Crippen LogP contribution in [0.5, 0.6) is 0 Å². The second-order valence-corrected chi connectivity index (χ2v) is 10.4. The second kappa shape index (κ2) is 16.2. The highest BCUT2D eigenvalue weighted by Gasteiger charge is 2.15. The Kier molecular flexibility index (Phi) is 13.1. The minimum atomic E-state index is -0.424. The largest absolute Gasteiger partial charge is 0.469 e. The highest BCUT2D eigenvalue weighted by molar-refractivity contribution is 5.73. The maximum atomic E-state index is 11.4. The number of esters is 2. The predicted molar refractivity (Wildman–Crippen MR) is 169 cm³/mol. The summed E-state index contributed by atoms with van der Waals surface area (Å²) >= 11 is 0. The van der Waals surface area contributed by atoms with Crippen molar-refractivity contribution in [2.45, 2.75) is 66.8 Å². The van der Waals surface area contributed by atoms with Gasteiger partial charge in [0.1, 0.15) is 0 Å². The van der Waals surface area contributed by atoms with Crippen molar-refractivity contribution in [2.75, 3.05) is 14.2 Å². The fourth-order valence-electron chi connectivity index (χ4n) is 4.81. The van der Waals surface area contributed by atoms with E-state index >= 15 is 0 Å².